The van der Waals surface area contributed by atoms with Crippen molar-refractivity contribution in [2.75, 3.05) is 24.5 Å². The third-order valence-corrected chi connectivity index (χ3v) is 5.39. The first-order valence-corrected chi connectivity index (χ1v) is 11.2. The Kier molecular flexibility index (Phi) is 9.05. The summed E-state index contributed by atoms with van der Waals surface area (Å²) in [6.07, 6.45) is 5.11. The molecule has 1 fully saturated rings. The Morgan fingerprint density at radius 2 is 1.61 bits per heavy atom. The molecule has 0 bridgehead atoms. The molecule has 0 unspecified atom stereocenters. The molecule has 0 aromatic heterocycles. The summed E-state index contributed by atoms with van der Waals surface area (Å²) in [6.45, 7) is 15.2. The number of rotatable bonds is 6. The number of nitrogens with zero attached hydrogens (tertiary/aromatic N) is 1. The molecule has 2 heteroatoms. The van der Waals surface area contributed by atoms with E-state index in [0.717, 1.165) is 19.5 Å². The molecule has 0 saturated carbocycles. The second kappa shape index (κ2) is 11.3. The molecule has 2 aromatic rings. The molecule has 28 heavy (non-hydrogen) atoms. The lowest BCUT2D eigenvalue weighted by Crippen LogP contribution is -2.31. The molecule has 3 rings (SSSR count). The maximum Gasteiger partial charge on any atom is 0.0411 e. The Labute approximate surface area is 173 Å². The van der Waals surface area contributed by atoms with E-state index in [4.69, 9.17) is 0 Å². The summed E-state index contributed by atoms with van der Waals surface area (Å²) in [5.74, 6) is 0. The summed E-state index contributed by atoms with van der Waals surface area (Å²) in [5, 5.41) is 3.66. The number of nitrogens with one attached hydrogen (secondary N) is 1. The van der Waals surface area contributed by atoms with E-state index in [9.17, 15) is 0 Å². The fraction of sp³-hybridized carbons (Fsp3) is 0.538. The van der Waals surface area contributed by atoms with E-state index in [2.05, 4.69) is 79.5 Å². The predicted molar refractivity (Wildman–Crippen MR) is 124 cm³/mol. The van der Waals surface area contributed by atoms with E-state index >= 15 is 0 Å². The van der Waals surface area contributed by atoms with Crippen LogP contribution >= 0.6 is 0 Å². The van der Waals surface area contributed by atoms with Gasteiger partial charge in [-0.2, -0.15) is 0 Å². The van der Waals surface area contributed by atoms with Crippen molar-refractivity contribution in [1.29, 1.82) is 0 Å². The number of piperidine rings is 1. The van der Waals surface area contributed by atoms with Gasteiger partial charge in [0, 0.05) is 25.3 Å². The predicted octanol–water partition coefficient (Wildman–Crippen LogP) is 6.33. The number of para-hydroxylation sites is 1. The normalized spacial score (nSPS) is 14.4. The van der Waals surface area contributed by atoms with E-state index in [0.29, 0.717) is 0 Å². The van der Waals surface area contributed by atoms with E-state index in [1.54, 1.807) is 0 Å². The highest BCUT2D eigenvalue weighted by Crippen LogP contribution is 2.24. The van der Waals surface area contributed by atoms with Crippen LogP contribution in [0.15, 0.2) is 48.5 Å². The van der Waals surface area contributed by atoms with E-state index in [-0.39, 0.29) is 5.41 Å². The number of hydrogen-bond acceptors (Lipinski definition) is 2. The maximum atomic E-state index is 3.66. The fourth-order valence-electron chi connectivity index (χ4n) is 3.75. The Balaban J connectivity index is 0.00000136. The average Bonchev–Trinajstić information content (AvgIpc) is 2.73. The van der Waals surface area contributed by atoms with Crippen LogP contribution in [-0.2, 0) is 18.4 Å². The first kappa shape index (κ1) is 22.5. The zero-order valence-corrected chi connectivity index (χ0v) is 18.7. The highest BCUT2D eigenvalue weighted by molar-refractivity contribution is 5.53. The summed E-state index contributed by atoms with van der Waals surface area (Å²) in [5.41, 5.74) is 5.92. The summed E-state index contributed by atoms with van der Waals surface area (Å²) in [7, 11) is 0. The Hall–Kier alpha value is -1.80. The quantitative estimate of drug-likeness (QED) is 0.589. The van der Waals surface area contributed by atoms with Gasteiger partial charge in [0.2, 0.25) is 0 Å². The third-order valence-electron chi connectivity index (χ3n) is 5.39. The monoisotopic (exact) mass is 380 g/mol. The van der Waals surface area contributed by atoms with Gasteiger partial charge in [-0.3, -0.25) is 0 Å². The lowest BCUT2D eigenvalue weighted by atomic mass is 9.86. The lowest BCUT2D eigenvalue weighted by molar-refractivity contribution is 0.574. The van der Waals surface area contributed by atoms with Crippen molar-refractivity contribution in [3.05, 3.63) is 65.2 Å². The summed E-state index contributed by atoms with van der Waals surface area (Å²) < 4.78 is 0. The first-order chi connectivity index (χ1) is 13.5. The van der Waals surface area contributed by atoms with Gasteiger partial charge < -0.3 is 10.2 Å². The highest BCUT2D eigenvalue weighted by atomic mass is 15.1. The van der Waals surface area contributed by atoms with Crippen LogP contribution < -0.4 is 10.2 Å². The molecule has 1 saturated heterocycles. The SMILES string of the molecule is CC.CC(C)(C)c1cccc(CCNCc2ccccc2N2CCCCC2)c1. The number of anilines is 1. The second-order valence-electron chi connectivity index (χ2n) is 8.55. The van der Waals surface area contributed by atoms with Gasteiger partial charge in [0.1, 0.15) is 0 Å². The summed E-state index contributed by atoms with van der Waals surface area (Å²) >= 11 is 0. The largest absolute Gasteiger partial charge is 0.371 e. The smallest absolute Gasteiger partial charge is 0.0411 e. The molecule has 0 radical (unpaired) electrons. The van der Waals surface area contributed by atoms with Gasteiger partial charge in [-0.25, -0.2) is 0 Å². The lowest BCUT2D eigenvalue weighted by Gasteiger charge is -2.30. The minimum Gasteiger partial charge on any atom is -0.371 e. The van der Waals surface area contributed by atoms with Gasteiger partial charge in [0.05, 0.1) is 0 Å². The third kappa shape index (κ3) is 6.67. The van der Waals surface area contributed by atoms with Gasteiger partial charge in [0.15, 0.2) is 0 Å². The molecule has 154 valence electrons. The van der Waals surface area contributed by atoms with E-state index in [1.807, 2.05) is 13.8 Å². The molecule has 2 aromatic carbocycles. The average molecular weight is 381 g/mol. The zero-order valence-electron chi connectivity index (χ0n) is 18.7. The fourth-order valence-corrected chi connectivity index (χ4v) is 3.75. The van der Waals surface area contributed by atoms with E-state index in [1.165, 1.54) is 54.7 Å². The topological polar surface area (TPSA) is 15.3 Å². The Morgan fingerprint density at radius 3 is 2.32 bits per heavy atom. The minimum absolute atomic E-state index is 0.219. The molecule has 0 atom stereocenters. The summed E-state index contributed by atoms with van der Waals surface area (Å²) in [6, 6.07) is 17.9. The molecular weight excluding hydrogens is 340 g/mol. The standard InChI is InChI=1S/C24H34N2.C2H6/c1-24(2,3)22-12-9-10-20(18-22)14-15-25-19-21-11-5-6-13-23(21)26-16-7-4-8-17-26;1-2/h5-6,9-13,18,25H,4,7-8,14-17,19H2,1-3H3;1-2H3. The van der Waals surface area contributed by atoms with Crippen molar-refractivity contribution in [1.82, 2.24) is 5.32 Å². The molecule has 1 aliphatic rings. The van der Waals surface area contributed by atoms with Gasteiger partial charge in [0.25, 0.3) is 0 Å². The van der Waals surface area contributed by atoms with Crippen LogP contribution in [0.2, 0.25) is 0 Å². The van der Waals surface area contributed by atoms with Gasteiger partial charge in [-0.1, -0.05) is 77.1 Å². The molecular formula is C26H40N2. The van der Waals surface area contributed by atoms with Gasteiger partial charge in [-0.05, 0) is 60.4 Å². The van der Waals surface area contributed by atoms with Crippen LogP contribution in [0.1, 0.15) is 70.6 Å². The minimum atomic E-state index is 0.219. The molecule has 1 aliphatic heterocycles. The van der Waals surface area contributed by atoms with Crippen molar-refractivity contribution in [3.63, 3.8) is 0 Å². The number of hydrogen-bond donors (Lipinski definition) is 1. The van der Waals surface area contributed by atoms with Gasteiger partial charge in [-0.15, -0.1) is 0 Å². The molecule has 2 nitrogen and oxygen atoms in total. The van der Waals surface area contributed by atoms with Crippen molar-refractivity contribution in [2.24, 2.45) is 0 Å². The Morgan fingerprint density at radius 1 is 0.893 bits per heavy atom. The first-order valence-electron chi connectivity index (χ1n) is 11.2. The Bertz CT molecular complexity index is 694. The summed E-state index contributed by atoms with van der Waals surface area (Å²) in [4.78, 5) is 2.56. The molecule has 0 spiro atoms. The maximum absolute atomic E-state index is 3.66. The van der Waals surface area contributed by atoms with E-state index < -0.39 is 0 Å². The molecule has 0 amide bonds. The second-order valence-corrected chi connectivity index (χ2v) is 8.55. The van der Waals surface area contributed by atoms with Crippen LogP contribution in [0, 0.1) is 0 Å². The van der Waals surface area contributed by atoms with Crippen molar-refractivity contribution < 1.29 is 0 Å². The molecule has 1 heterocycles. The van der Waals surface area contributed by atoms with Crippen molar-refractivity contribution in [3.8, 4) is 0 Å². The number of benzene rings is 2. The molecule has 1 N–H and O–H groups in total. The van der Waals surface area contributed by atoms with Gasteiger partial charge >= 0.3 is 0 Å². The van der Waals surface area contributed by atoms with Crippen LogP contribution in [0.4, 0.5) is 5.69 Å². The van der Waals surface area contributed by atoms with Crippen LogP contribution in [0.5, 0.6) is 0 Å². The van der Waals surface area contributed by atoms with Crippen LogP contribution in [0.25, 0.3) is 0 Å². The van der Waals surface area contributed by atoms with Crippen LogP contribution in [-0.4, -0.2) is 19.6 Å². The van der Waals surface area contributed by atoms with Crippen LogP contribution in [0.3, 0.4) is 0 Å². The van der Waals surface area contributed by atoms with Crippen molar-refractivity contribution in [2.45, 2.75) is 72.3 Å². The van der Waals surface area contributed by atoms with Crippen molar-refractivity contribution >= 4 is 5.69 Å². The zero-order chi connectivity index (χ0) is 20.4. The highest BCUT2D eigenvalue weighted by Gasteiger charge is 2.14. The molecule has 0 aliphatic carbocycles.